The first-order chi connectivity index (χ1) is 20.1. The van der Waals surface area contributed by atoms with Gasteiger partial charge in [0.1, 0.15) is 17.6 Å². The number of fused-ring (bicyclic) bond motifs is 1. The number of hydrogen-bond acceptors (Lipinski definition) is 9. The number of amides is 1. The summed E-state index contributed by atoms with van der Waals surface area (Å²) < 4.78 is 23.3. The van der Waals surface area contributed by atoms with Crippen LogP contribution in [0, 0.1) is 5.92 Å². The Morgan fingerprint density at radius 1 is 1.20 bits per heavy atom. The minimum Gasteiger partial charge on any atom is -0.493 e. The summed E-state index contributed by atoms with van der Waals surface area (Å²) in [5.41, 5.74) is 2.90. The molecule has 10 nitrogen and oxygen atoms in total. The molecule has 5 rings (SSSR count). The van der Waals surface area contributed by atoms with Crippen LogP contribution in [0.5, 0.6) is 5.75 Å². The van der Waals surface area contributed by atoms with Crippen LogP contribution in [0.2, 0.25) is 0 Å². The van der Waals surface area contributed by atoms with Crippen molar-refractivity contribution in [1.82, 2.24) is 20.2 Å². The highest BCUT2D eigenvalue weighted by atomic mass is 16.5. The Balaban J connectivity index is 1.25. The van der Waals surface area contributed by atoms with Crippen molar-refractivity contribution in [3.63, 3.8) is 0 Å². The Morgan fingerprint density at radius 2 is 2.10 bits per heavy atom. The van der Waals surface area contributed by atoms with Crippen molar-refractivity contribution in [1.29, 1.82) is 0 Å². The van der Waals surface area contributed by atoms with E-state index in [0.717, 1.165) is 48.2 Å². The molecule has 41 heavy (non-hydrogen) atoms. The summed E-state index contributed by atoms with van der Waals surface area (Å²) in [6, 6.07) is 9.69. The molecule has 0 aliphatic carbocycles. The van der Waals surface area contributed by atoms with Crippen molar-refractivity contribution in [2.45, 2.75) is 46.1 Å². The Morgan fingerprint density at radius 3 is 2.90 bits per heavy atom. The molecule has 1 aromatic carbocycles. The van der Waals surface area contributed by atoms with Gasteiger partial charge in [0.2, 0.25) is 0 Å². The van der Waals surface area contributed by atoms with Crippen LogP contribution in [0.1, 0.15) is 54.7 Å². The zero-order valence-corrected chi connectivity index (χ0v) is 23.6. The molecule has 0 bridgehead atoms. The summed E-state index contributed by atoms with van der Waals surface area (Å²) in [5, 5.41) is 4.29. The maximum Gasteiger partial charge on any atom is 0.310 e. The first-order valence-electron chi connectivity index (χ1n) is 14.3. The molecule has 1 amide bonds. The van der Waals surface area contributed by atoms with Gasteiger partial charge in [-0.2, -0.15) is 0 Å². The first kappa shape index (κ1) is 28.4. The average Bonchev–Trinajstić information content (AvgIpc) is 3.65. The molecule has 1 atom stereocenters. The van der Waals surface area contributed by atoms with Gasteiger partial charge in [0.25, 0.3) is 11.8 Å². The number of carbonyl (C=O) groups excluding carboxylic acids is 2. The van der Waals surface area contributed by atoms with E-state index in [9.17, 15) is 9.59 Å². The van der Waals surface area contributed by atoms with Crippen molar-refractivity contribution >= 4 is 22.8 Å². The topological polar surface area (TPSA) is 120 Å². The number of piperidine rings is 1. The molecule has 1 N–H and O–H groups in total. The smallest absolute Gasteiger partial charge is 0.310 e. The van der Waals surface area contributed by atoms with Gasteiger partial charge in [0, 0.05) is 37.6 Å². The number of oxazole rings is 1. The van der Waals surface area contributed by atoms with E-state index in [1.807, 2.05) is 43.5 Å². The van der Waals surface area contributed by atoms with Gasteiger partial charge in [-0.05, 0) is 62.9 Å². The van der Waals surface area contributed by atoms with Gasteiger partial charge >= 0.3 is 5.97 Å². The molecule has 1 aliphatic rings. The number of hydrogen-bond donors (Lipinski definition) is 1. The van der Waals surface area contributed by atoms with E-state index >= 15 is 0 Å². The predicted octanol–water partition coefficient (Wildman–Crippen LogP) is 5.02. The summed E-state index contributed by atoms with van der Waals surface area (Å²) in [4.78, 5) is 35.7. The molecule has 216 valence electrons. The number of carbonyl (C=O) groups is 2. The Hall–Kier alpha value is -4.18. The minimum absolute atomic E-state index is 0.183. The molecule has 4 heterocycles. The lowest BCUT2D eigenvalue weighted by atomic mass is 9.98. The molecule has 0 radical (unpaired) electrons. The molecule has 1 fully saturated rings. The lowest BCUT2D eigenvalue weighted by Gasteiger charge is -2.30. The molecule has 0 spiro atoms. The van der Waals surface area contributed by atoms with Gasteiger partial charge in [-0.25, -0.2) is 4.98 Å². The van der Waals surface area contributed by atoms with Gasteiger partial charge in [-0.3, -0.25) is 14.6 Å². The van der Waals surface area contributed by atoms with Gasteiger partial charge in [-0.15, -0.1) is 0 Å². The fourth-order valence-corrected chi connectivity index (χ4v) is 5.18. The Bertz CT molecular complexity index is 1460. The lowest BCUT2D eigenvalue weighted by molar-refractivity contribution is -0.149. The van der Waals surface area contributed by atoms with Gasteiger partial charge in [-0.1, -0.05) is 19.1 Å². The summed E-state index contributed by atoms with van der Waals surface area (Å²) in [6.07, 6.45) is 7.91. The van der Waals surface area contributed by atoms with Crippen LogP contribution < -0.4 is 10.1 Å². The van der Waals surface area contributed by atoms with E-state index in [0.29, 0.717) is 50.5 Å². The Labute approximate surface area is 239 Å². The molecule has 0 unspecified atom stereocenters. The fourth-order valence-electron chi connectivity index (χ4n) is 5.18. The Kier molecular flexibility index (Phi) is 9.30. The summed E-state index contributed by atoms with van der Waals surface area (Å²) >= 11 is 0. The molecule has 0 saturated carbocycles. The van der Waals surface area contributed by atoms with E-state index in [1.165, 1.54) is 6.26 Å². The number of ether oxygens (including phenoxy) is 2. The van der Waals surface area contributed by atoms with Crippen molar-refractivity contribution in [2.75, 3.05) is 32.8 Å². The van der Waals surface area contributed by atoms with Crippen molar-refractivity contribution < 1.29 is 27.9 Å². The zero-order chi connectivity index (χ0) is 28.6. The standard InChI is InChI=1S/C31H36N4O6/c1-3-23-27-25(39-16-8-14-33-18-21-9-6-13-32-17-21)11-5-12-26(27)41-28(23)29-34-24(20-40-29)30(36)35-15-7-10-22(19-35)31(37)38-4-2/h5-6,9,11-13,17,20,22,33H,3-4,7-8,10,14-16,18-19H2,1-2H3/t22-/m0/s1. The van der Waals surface area contributed by atoms with E-state index in [4.69, 9.17) is 18.3 Å². The molecular weight excluding hydrogens is 524 g/mol. The number of nitrogens with one attached hydrogen (secondary N) is 1. The van der Waals surface area contributed by atoms with E-state index in [1.54, 1.807) is 18.0 Å². The second-order valence-electron chi connectivity index (χ2n) is 10.0. The fraction of sp³-hybridized carbons (Fsp3) is 0.419. The van der Waals surface area contributed by atoms with Crippen molar-refractivity contribution in [3.8, 4) is 17.4 Å². The van der Waals surface area contributed by atoms with Crippen molar-refractivity contribution in [3.05, 3.63) is 65.8 Å². The van der Waals surface area contributed by atoms with Crippen LogP contribution in [-0.4, -0.2) is 59.6 Å². The summed E-state index contributed by atoms with van der Waals surface area (Å²) in [7, 11) is 0. The highest BCUT2D eigenvalue weighted by molar-refractivity contribution is 5.94. The average molecular weight is 561 g/mol. The van der Waals surface area contributed by atoms with E-state index < -0.39 is 0 Å². The lowest BCUT2D eigenvalue weighted by Crippen LogP contribution is -2.42. The first-order valence-corrected chi connectivity index (χ1v) is 14.3. The van der Waals surface area contributed by atoms with Crippen LogP contribution >= 0.6 is 0 Å². The number of nitrogens with zero attached hydrogens (tertiary/aromatic N) is 3. The summed E-state index contributed by atoms with van der Waals surface area (Å²) in [6.45, 7) is 7.12. The number of furan rings is 1. The highest BCUT2D eigenvalue weighted by Crippen LogP contribution is 2.39. The second-order valence-corrected chi connectivity index (χ2v) is 10.0. The van der Waals surface area contributed by atoms with Gasteiger partial charge in [0.05, 0.1) is 24.5 Å². The molecule has 10 heteroatoms. The van der Waals surface area contributed by atoms with Crippen molar-refractivity contribution in [2.24, 2.45) is 5.92 Å². The zero-order valence-electron chi connectivity index (χ0n) is 23.6. The maximum atomic E-state index is 13.2. The molecule has 1 aliphatic heterocycles. The SMILES string of the molecule is CCOC(=O)[C@H]1CCCN(C(=O)c2coc(-c3oc4cccc(OCCCNCc5cccnc5)c4c3CC)n2)C1. The van der Waals surface area contributed by atoms with Crippen LogP contribution in [0.15, 0.2) is 57.8 Å². The molecule has 3 aromatic heterocycles. The third-order valence-corrected chi connectivity index (χ3v) is 7.18. The number of rotatable bonds is 12. The second kappa shape index (κ2) is 13.5. The number of esters is 1. The van der Waals surface area contributed by atoms with Crippen LogP contribution in [-0.2, 0) is 22.5 Å². The number of aromatic nitrogens is 2. The largest absolute Gasteiger partial charge is 0.493 e. The minimum atomic E-state index is -0.323. The summed E-state index contributed by atoms with van der Waals surface area (Å²) in [5.74, 6) is 0.605. The normalized spacial score (nSPS) is 15.3. The highest BCUT2D eigenvalue weighted by Gasteiger charge is 2.31. The number of likely N-dealkylation sites (tertiary alicyclic amines) is 1. The van der Waals surface area contributed by atoms with Gasteiger partial charge < -0.3 is 28.5 Å². The molecular formula is C31H36N4O6. The maximum absolute atomic E-state index is 13.2. The molecule has 4 aromatic rings. The van der Waals surface area contributed by atoms with Crippen LogP contribution in [0.3, 0.4) is 0 Å². The van der Waals surface area contributed by atoms with E-state index in [-0.39, 0.29) is 29.4 Å². The van der Waals surface area contributed by atoms with Crippen LogP contribution in [0.4, 0.5) is 0 Å². The quantitative estimate of drug-likeness (QED) is 0.188. The van der Waals surface area contributed by atoms with Gasteiger partial charge in [0.15, 0.2) is 11.5 Å². The predicted molar refractivity (Wildman–Crippen MR) is 152 cm³/mol. The van der Waals surface area contributed by atoms with E-state index in [2.05, 4.69) is 15.3 Å². The monoisotopic (exact) mass is 560 g/mol. The molecule has 1 saturated heterocycles. The number of aryl methyl sites for hydroxylation is 1. The number of benzene rings is 1. The number of pyridine rings is 1. The third-order valence-electron chi connectivity index (χ3n) is 7.18. The third kappa shape index (κ3) is 6.59. The van der Waals surface area contributed by atoms with Crippen LogP contribution in [0.25, 0.3) is 22.6 Å².